The molecule has 1 atom stereocenters. The van der Waals surface area contributed by atoms with Gasteiger partial charge in [-0.1, -0.05) is 0 Å². The van der Waals surface area contributed by atoms with E-state index in [-0.39, 0.29) is 18.3 Å². The molecule has 23 heavy (non-hydrogen) atoms. The van der Waals surface area contributed by atoms with Crippen LogP contribution in [0.4, 0.5) is 0 Å². The van der Waals surface area contributed by atoms with Crippen molar-refractivity contribution in [3.63, 3.8) is 0 Å². The van der Waals surface area contributed by atoms with Crippen molar-refractivity contribution in [1.82, 2.24) is 4.98 Å². The van der Waals surface area contributed by atoms with Crippen LogP contribution in [-0.4, -0.2) is 43.1 Å². The van der Waals surface area contributed by atoms with E-state index in [1.807, 2.05) is 12.1 Å². The highest BCUT2D eigenvalue weighted by Gasteiger charge is 2.51. The fraction of sp³-hybridized carbons (Fsp3) is 0.706. The number of hydrogen-bond donors (Lipinski definition) is 0. The highest BCUT2D eigenvalue weighted by molar-refractivity contribution is 6.62. The van der Waals surface area contributed by atoms with Crippen LogP contribution in [0.2, 0.25) is 0 Å². The smallest absolute Gasteiger partial charge is 0.477 e. The highest BCUT2D eigenvalue weighted by atomic mass is 16.7. The molecule has 0 N–H and O–H groups in total. The predicted molar refractivity (Wildman–Crippen MR) is 89.0 cm³/mol. The summed E-state index contributed by atoms with van der Waals surface area (Å²) in [7, 11) is -0.386. The molecule has 0 aliphatic carbocycles. The molecule has 0 spiro atoms. The van der Waals surface area contributed by atoms with Gasteiger partial charge >= 0.3 is 7.12 Å². The lowest BCUT2D eigenvalue weighted by atomic mass is 9.80. The minimum atomic E-state index is -0.386. The van der Waals surface area contributed by atoms with Gasteiger partial charge in [0.05, 0.1) is 24.4 Å². The first-order valence-electron chi connectivity index (χ1n) is 8.39. The van der Waals surface area contributed by atoms with Crippen LogP contribution < -0.4 is 10.2 Å². The van der Waals surface area contributed by atoms with E-state index in [4.69, 9.17) is 18.8 Å². The molecule has 1 aromatic heterocycles. The molecule has 3 rings (SSSR count). The van der Waals surface area contributed by atoms with Crippen LogP contribution in [0.5, 0.6) is 5.88 Å². The molecule has 126 valence electrons. The lowest BCUT2D eigenvalue weighted by Crippen LogP contribution is -2.41. The van der Waals surface area contributed by atoms with Crippen LogP contribution in [0.25, 0.3) is 0 Å². The Morgan fingerprint density at radius 1 is 1.26 bits per heavy atom. The third-order valence-corrected chi connectivity index (χ3v) is 5.01. The fourth-order valence-electron chi connectivity index (χ4n) is 2.77. The minimum Gasteiger partial charge on any atom is -0.477 e. The molecule has 3 heterocycles. The highest BCUT2D eigenvalue weighted by Crippen LogP contribution is 2.36. The second kappa shape index (κ2) is 6.42. The molecule has 1 aromatic rings. The molecule has 0 bridgehead atoms. The zero-order valence-electron chi connectivity index (χ0n) is 14.5. The lowest BCUT2D eigenvalue weighted by molar-refractivity contribution is 0.00578. The minimum absolute atomic E-state index is 0.346. The van der Waals surface area contributed by atoms with Crippen molar-refractivity contribution < 1.29 is 18.8 Å². The average molecular weight is 319 g/mol. The second-order valence-electron chi connectivity index (χ2n) is 7.41. The second-order valence-corrected chi connectivity index (χ2v) is 7.41. The average Bonchev–Trinajstić information content (AvgIpc) is 2.75. The Balaban J connectivity index is 1.63. The van der Waals surface area contributed by atoms with Gasteiger partial charge in [-0.3, -0.25) is 0 Å². The Bertz CT molecular complexity index is 527. The van der Waals surface area contributed by atoms with E-state index < -0.39 is 0 Å². The van der Waals surface area contributed by atoms with Crippen LogP contribution in [0.15, 0.2) is 18.3 Å². The zero-order chi connectivity index (χ0) is 16.5. The standard InChI is InChI=1S/C17H26BNO4/c1-16(2)17(3,4)23-18(22-16)14-7-8-19-15(10-14)21-12-13-6-5-9-20-11-13/h7-8,10,13H,5-6,9,11-12H2,1-4H3. The zero-order valence-corrected chi connectivity index (χ0v) is 14.5. The van der Waals surface area contributed by atoms with Crippen LogP contribution in [0.1, 0.15) is 40.5 Å². The normalized spacial score (nSPS) is 26.3. The summed E-state index contributed by atoms with van der Waals surface area (Å²) in [4.78, 5) is 4.29. The first kappa shape index (κ1) is 16.7. The number of hydrogen-bond acceptors (Lipinski definition) is 5. The Morgan fingerprint density at radius 3 is 2.65 bits per heavy atom. The molecular weight excluding hydrogens is 293 g/mol. The van der Waals surface area contributed by atoms with Crippen LogP contribution >= 0.6 is 0 Å². The van der Waals surface area contributed by atoms with Gasteiger partial charge in [-0.2, -0.15) is 0 Å². The fourth-order valence-corrected chi connectivity index (χ4v) is 2.77. The van der Waals surface area contributed by atoms with Gasteiger partial charge in [0.15, 0.2) is 0 Å². The summed E-state index contributed by atoms with van der Waals surface area (Å²) in [5.74, 6) is 1.06. The summed E-state index contributed by atoms with van der Waals surface area (Å²) in [6.07, 6.45) is 4.00. The predicted octanol–water partition coefficient (Wildman–Crippen LogP) is 2.19. The topological polar surface area (TPSA) is 49.8 Å². The molecule has 2 aliphatic heterocycles. The van der Waals surface area contributed by atoms with E-state index in [9.17, 15) is 0 Å². The molecule has 0 aromatic carbocycles. The molecule has 0 saturated carbocycles. The quantitative estimate of drug-likeness (QED) is 0.796. The largest absolute Gasteiger partial charge is 0.495 e. The molecule has 2 aliphatic rings. The lowest BCUT2D eigenvalue weighted by Gasteiger charge is -2.32. The first-order chi connectivity index (χ1) is 10.9. The van der Waals surface area contributed by atoms with Gasteiger partial charge < -0.3 is 18.8 Å². The summed E-state index contributed by atoms with van der Waals surface area (Å²) in [6, 6.07) is 3.82. The first-order valence-corrected chi connectivity index (χ1v) is 8.39. The molecule has 2 saturated heterocycles. The van der Waals surface area contributed by atoms with Gasteiger partial charge in [-0.05, 0) is 52.1 Å². The molecule has 0 radical (unpaired) electrons. The Labute approximate surface area is 138 Å². The number of aromatic nitrogens is 1. The summed E-state index contributed by atoms with van der Waals surface area (Å²) in [5, 5.41) is 0. The maximum Gasteiger partial charge on any atom is 0.495 e. The van der Waals surface area contributed by atoms with Crippen molar-refractivity contribution >= 4 is 12.6 Å². The third-order valence-electron chi connectivity index (χ3n) is 5.01. The van der Waals surface area contributed by atoms with Gasteiger partial charge in [0, 0.05) is 24.8 Å². The summed E-state index contributed by atoms with van der Waals surface area (Å²) in [6.45, 7) is 10.5. The molecule has 6 heteroatoms. The van der Waals surface area contributed by atoms with Crippen molar-refractivity contribution in [3.05, 3.63) is 18.3 Å². The number of pyridine rings is 1. The van der Waals surface area contributed by atoms with Crippen LogP contribution in [0, 0.1) is 5.92 Å². The van der Waals surface area contributed by atoms with Crippen molar-refractivity contribution in [2.45, 2.75) is 51.7 Å². The Kier molecular flexibility index (Phi) is 4.67. The monoisotopic (exact) mass is 319 g/mol. The van der Waals surface area contributed by atoms with Gasteiger partial charge in [0.2, 0.25) is 5.88 Å². The Morgan fingerprint density at radius 2 is 2.00 bits per heavy atom. The maximum absolute atomic E-state index is 6.07. The van der Waals surface area contributed by atoms with Gasteiger partial charge in [0.25, 0.3) is 0 Å². The van der Waals surface area contributed by atoms with Gasteiger partial charge in [0.1, 0.15) is 0 Å². The van der Waals surface area contributed by atoms with Crippen LogP contribution in [0.3, 0.4) is 0 Å². The van der Waals surface area contributed by atoms with Crippen molar-refractivity contribution in [2.24, 2.45) is 5.92 Å². The molecule has 5 nitrogen and oxygen atoms in total. The third kappa shape index (κ3) is 3.70. The molecule has 0 amide bonds. The SMILES string of the molecule is CC1(C)OB(c2ccnc(OCC3CCCOC3)c2)OC1(C)C. The van der Waals surface area contributed by atoms with E-state index >= 15 is 0 Å². The summed E-state index contributed by atoms with van der Waals surface area (Å²) >= 11 is 0. The summed E-state index contributed by atoms with van der Waals surface area (Å²) in [5.41, 5.74) is 0.247. The number of rotatable bonds is 4. The number of ether oxygens (including phenoxy) is 2. The molecular formula is C17H26BNO4. The van der Waals surface area contributed by atoms with Crippen molar-refractivity contribution in [3.8, 4) is 5.88 Å². The van der Waals surface area contributed by atoms with E-state index in [1.54, 1.807) is 6.20 Å². The van der Waals surface area contributed by atoms with Gasteiger partial charge in [-0.25, -0.2) is 4.98 Å². The van der Waals surface area contributed by atoms with Crippen molar-refractivity contribution in [2.75, 3.05) is 19.8 Å². The van der Waals surface area contributed by atoms with E-state index in [1.165, 1.54) is 0 Å². The maximum atomic E-state index is 6.07. The molecule has 2 fully saturated rings. The summed E-state index contributed by atoms with van der Waals surface area (Å²) < 4.78 is 23.5. The van der Waals surface area contributed by atoms with Crippen molar-refractivity contribution in [1.29, 1.82) is 0 Å². The van der Waals surface area contributed by atoms with E-state index in [2.05, 4.69) is 32.7 Å². The van der Waals surface area contributed by atoms with Gasteiger partial charge in [-0.15, -0.1) is 0 Å². The van der Waals surface area contributed by atoms with E-state index in [0.717, 1.165) is 31.5 Å². The number of nitrogens with zero attached hydrogens (tertiary/aromatic N) is 1. The van der Waals surface area contributed by atoms with E-state index in [0.29, 0.717) is 18.4 Å². The van der Waals surface area contributed by atoms with Crippen LogP contribution in [-0.2, 0) is 14.0 Å². The molecule has 1 unspecified atom stereocenters. The Hall–Kier alpha value is -1.11.